The highest BCUT2D eigenvalue weighted by Crippen LogP contribution is 2.36. The molecule has 1 aliphatic heterocycles. The second-order valence-corrected chi connectivity index (χ2v) is 6.65. The van der Waals surface area contributed by atoms with Crippen LogP contribution in [0.2, 0.25) is 0 Å². The number of benzene rings is 2. The second kappa shape index (κ2) is 6.78. The number of fused-ring (bicyclic) bond motifs is 2. The average molecular weight is 321 g/mol. The van der Waals surface area contributed by atoms with Crippen LogP contribution in [0.1, 0.15) is 34.6 Å². The Kier molecular flexibility index (Phi) is 4.35. The van der Waals surface area contributed by atoms with Gasteiger partial charge in [-0.1, -0.05) is 48.5 Å². The first-order chi connectivity index (χ1) is 11.8. The van der Waals surface area contributed by atoms with Crippen molar-refractivity contribution >= 4 is 5.91 Å². The lowest BCUT2D eigenvalue weighted by molar-refractivity contribution is -0.135. The summed E-state index contributed by atoms with van der Waals surface area (Å²) in [6, 6.07) is 17.2. The summed E-state index contributed by atoms with van der Waals surface area (Å²) in [6.07, 6.45) is 2.65. The summed E-state index contributed by atoms with van der Waals surface area (Å²) in [7, 11) is 0. The highest BCUT2D eigenvalue weighted by molar-refractivity contribution is 5.78. The van der Waals surface area contributed by atoms with Crippen molar-refractivity contribution in [2.45, 2.75) is 25.2 Å². The van der Waals surface area contributed by atoms with Gasteiger partial charge in [0, 0.05) is 25.4 Å². The predicted octanol–water partition coefficient (Wildman–Crippen LogP) is 3.17. The van der Waals surface area contributed by atoms with Crippen molar-refractivity contribution in [3.63, 3.8) is 0 Å². The lowest BCUT2D eigenvalue weighted by atomic mass is 9.85. The van der Waals surface area contributed by atoms with Crippen molar-refractivity contribution in [2.24, 2.45) is 0 Å². The SMILES string of the molecule is O=C(CC1c2ccccc2CCc2ccccc21)N1CCOCC1. The minimum Gasteiger partial charge on any atom is -0.378 e. The fraction of sp³-hybridized carbons (Fsp3) is 0.381. The van der Waals surface area contributed by atoms with Gasteiger partial charge < -0.3 is 9.64 Å². The highest BCUT2D eigenvalue weighted by atomic mass is 16.5. The van der Waals surface area contributed by atoms with Crippen LogP contribution in [0.5, 0.6) is 0 Å². The quantitative estimate of drug-likeness (QED) is 0.850. The number of carbonyl (C=O) groups is 1. The van der Waals surface area contributed by atoms with Gasteiger partial charge in [0.1, 0.15) is 0 Å². The molecule has 1 aliphatic carbocycles. The number of nitrogens with zero attached hydrogens (tertiary/aromatic N) is 1. The number of hydrogen-bond acceptors (Lipinski definition) is 2. The van der Waals surface area contributed by atoms with Gasteiger partial charge in [-0.2, -0.15) is 0 Å². The fourth-order valence-electron chi connectivity index (χ4n) is 3.98. The van der Waals surface area contributed by atoms with Gasteiger partial charge in [-0.15, -0.1) is 0 Å². The van der Waals surface area contributed by atoms with Crippen molar-refractivity contribution in [1.29, 1.82) is 0 Å². The third-order valence-corrected chi connectivity index (χ3v) is 5.27. The summed E-state index contributed by atoms with van der Waals surface area (Å²) >= 11 is 0. The minimum atomic E-state index is 0.162. The monoisotopic (exact) mass is 321 g/mol. The van der Waals surface area contributed by atoms with Crippen molar-refractivity contribution in [1.82, 2.24) is 4.90 Å². The van der Waals surface area contributed by atoms with E-state index in [1.54, 1.807) is 0 Å². The van der Waals surface area contributed by atoms with Crippen LogP contribution in [-0.4, -0.2) is 37.1 Å². The van der Waals surface area contributed by atoms with Gasteiger partial charge in [-0.3, -0.25) is 4.79 Å². The molecule has 4 rings (SSSR count). The highest BCUT2D eigenvalue weighted by Gasteiger charge is 2.27. The number of morpholine rings is 1. The van der Waals surface area contributed by atoms with E-state index in [1.807, 2.05) is 4.90 Å². The van der Waals surface area contributed by atoms with Crippen molar-refractivity contribution in [3.05, 3.63) is 70.8 Å². The zero-order valence-corrected chi connectivity index (χ0v) is 13.9. The van der Waals surface area contributed by atoms with Crippen molar-refractivity contribution in [3.8, 4) is 0 Å². The van der Waals surface area contributed by atoms with Crippen LogP contribution in [-0.2, 0) is 22.4 Å². The summed E-state index contributed by atoms with van der Waals surface area (Å²) in [5, 5.41) is 0. The van der Waals surface area contributed by atoms with E-state index in [9.17, 15) is 4.79 Å². The van der Waals surface area contributed by atoms with E-state index >= 15 is 0 Å². The van der Waals surface area contributed by atoms with Crippen LogP contribution < -0.4 is 0 Å². The molecule has 0 saturated carbocycles. The van der Waals surface area contributed by atoms with E-state index in [-0.39, 0.29) is 11.8 Å². The molecule has 0 atom stereocenters. The molecule has 0 spiro atoms. The van der Waals surface area contributed by atoms with Crippen LogP contribution in [0, 0.1) is 0 Å². The van der Waals surface area contributed by atoms with E-state index in [0.29, 0.717) is 19.6 Å². The number of rotatable bonds is 2. The van der Waals surface area contributed by atoms with Gasteiger partial charge in [0.15, 0.2) is 0 Å². The van der Waals surface area contributed by atoms with Gasteiger partial charge in [0.2, 0.25) is 5.91 Å². The number of aryl methyl sites for hydroxylation is 2. The molecule has 2 aromatic carbocycles. The Hall–Kier alpha value is -2.13. The number of carbonyl (C=O) groups excluding carboxylic acids is 1. The van der Waals surface area contributed by atoms with Crippen molar-refractivity contribution < 1.29 is 9.53 Å². The molecular formula is C21H23NO2. The molecule has 2 aliphatic rings. The Labute approximate surface area is 143 Å². The van der Waals surface area contributed by atoms with Crippen LogP contribution in [0.25, 0.3) is 0 Å². The first-order valence-electron chi connectivity index (χ1n) is 8.84. The maximum absolute atomic E-state index is 12.9. The first-order valence-corrected chi connectivity index (χ1v) is 8.84. The summed E-state index contributed by atoms with van der Waals surface area (Å²) in [4.78, 5) is 14.8. The van der Waals surface area contributed by atoms with E-state index in [1.165, 1.54) is 22.3 Å². The molecule has 3 nitrogen and oxygen atoms in total. The fourth-order valence-corrected chi connectivity index (χ4v) is 3.98. The van der Waals surface area contributed by atoms with Crippen LogP contribution in [0.4, 0.5) is 0 Å². The lowest BCUT2D eigenvalue weighted by Gasteiger charge is -2.29. The number of ether oxygens (including phenoxy) is 1. The lowest BCUT2D eigenvalue weighted by Crippen LogP contribution is -2.41. The molecule has 0 aromatic heterocycles. The van der Waals surface area contributed by atoms with Gasteiger partial charge in [-0.05, 0) is 35.1 Å². The molecule has 0 unspecified atom stereocenters. The normalized spacial score (nSPS) is 17.8. The Bertz CT molecular complexity index is 687. The van der Waals surface area contributed by atoms with Crippen LogP contribution in [0.3, 0.4) is 0 Å². The molecule has 1 fully saturated rings. The van der Waals surface area contributed by atoms with Gasteiger partial charge in [0.25, 0.3) is 0 Å². The van der Waals surface area contributed by atoms with Crippen LogP contribution in [0.15, 0.2) is 48.5 Å². The molecule has 1 amide bonds. The largest absolute Gasteiger partial charge is 0.378 e. The molecule has 0 radical (unpaired) electrons. The molecule has 3 heteroatoms. The Morgan fingerprint density at radius 2 is 1.46 bits per heavy atom. The smallest absolute Gasteiger partial charge is 0.223 e. The van der Waals surface area contributed by atoms with Crippen molar-refractivity contribution in [2.75, 3.05) is 26.3 Å². The molecule has 2 aromatic rings. The van der Waals surface area contributed by atoms with Crippen LogP contribution >= 0.6 is 0 Å². The maximum atomic E-state index is 12.9. The second-order valence-electron chi connectivity index (χ2n) is 6.65. The molecule has 24 heavy (non-hydrogen) atoms. The third-order valence-electron chi connectivity index (χ3n) is 5.27. The Morgan fingerprint density at radius 3 is 2.04 bits per heavy atom. The third kappa shape index (κ3) is 2.96. The average Bonchev–Trinajstić information content (AvgIpc) is 2.80. The van der Waals surface area contributed by atoms with E-state index in [2.05, 4.69) is 48.5 Å². The number of hydrogen-bond donors (Lipinski definition) is 0. The molecular weight excluding hydrogens is 298 g/mol. The van der Waals surface area contributed by atoms with E-state index in [4.69, 9.17) is 4.74 Å². The topological polar surface area (TPSA) is 29.5 Å². The molecule has 0 bridgehead atoms. The van der Waals surface area contributed by atoms with Gasteiger partial charge in [0.05, 0.1) is 13.2 Å². The zero-order chi connectivity index (χ0) is 16.4. The molecule has 124 valence electrons. The minimum absolute atomic E-state index is 0.162. The molecule has 0 N–H and O–H groups in total. The van der Waals surface area contributed by atoms with Gasteiger partial charge in [-0.25, -0.2) is 0 Å². The summed E-state index contributed by atoms with van der Waals surface area (Å²) in [5.41, 5.74) is 5.41. The maximum Gasteiger partial charge on any atom is 0.223 e. The molecule has 1 heterocycles. The van der Waals surface area contributed by atoms with E-state index < -0.39 is 0 Å². The number of amides is 1. The van der Waals surface area contributed by atoms with E-state index in [0.717, 1.165) is 25.9 Å². The Morgan fingerprint density at radius 1 is 0.917 bits per heavy atom. The van der Waals surface area contributed by atoms with Gasteiger partial charge >= 0.3 is 0 Å². The Balaban J connectivity index is 1.68. The molecule has 1 saturated heterocycles. The summed E-state index contributed by atoms with van der Waals surface area (Å²) in [6.45, 7) is 2.75. The summed E-state index contributed by atoms with van der Waals surface area (Å²) < 4.78 is 5.38. The predicted molar refractivity (Wildman–Crippen MR) is 94.2 cm³/mol. The first kappa shape index (κ1) is 15.4. The summed E-state index contributed by atoms with van der Waals surface area (Å²) in [5.74, 6) is 0.407. The zero-order valence-electron chi connectivity index (χ0n) is 13.9. The standard InChI is InChI=1S/C21H23NO2/c23-21(22-11-13-24-14-12-22)15-20-18-7-3-1-5-16(18)9-10-17-6-2-4-8-19(17)20/h1-8,20H,9-15H2.